The van der Waals surface area contributed by atoms with Gasteiger partial charge in [-0.25, -0.2) is 0 Å². The molecule has 0 aromatic rings. The monoisotopic (exact) mass is 282 g/mol. The quantitative estimate of drug-likeness (QED) is 0.373. The SMILES string of the molecule is CCCCCCCCCCCCCC(=O)C(N)=CCN. The first-order valence-corrected chi connectivity index (χ1v) is 8.41. The molecule has 0 heterocycles. The summed E-state index contributed by atoms with van der Waals surface area (Å²) in [6, 6.07) is 0. The number of unbranched alkanes of at least 4 members (excludes halogenated alkanes) is 10. The van der Waals surface area contributed by atoms with Gasteiger partial charge in [-0.1, -0.05) is 71.1 Å². The molecule has 0 saturated carbocycles. The van der Waals surface area contributed by atoms with E-state index in [1.807, 2.05) is 0 Å². The summed E-state index contributed by atoms with van der Waals surface area (Å²) in [4.78, 5) is 11.5. The number of hydrogen-bond donors (Lipinski definition) is 2. The molecule has 3 nitrogen and oxygen atoms in total. The Morgan fingerprint density at radius 3 is 1.75 bits per heavy atom. The highest BCUT2D eigenvalue weighted by Crippen LogP contribution is 2.12. The summed E-state index contributed by atoms with van der Waals surface area (Å²) in [6.07, 6.45) is 16.4. The fourth-order valence-electron chi connectivity index (χ4n) is 2.33. The number of carbonyl (C=O) groups is 1. The standard InChI is InChI=1S/C17H34N2O/c1-2-3-4-5-6-7-8-9-10-11-12-13-17(20)16(19)14-15-18/h14H,2-13,15,18-19H2,1H3. The van der Waals surface area contributed by atoms with E-state index >= 15 is 0 Å². The number of carbonyl (C=O) groups excluding carboxylic acids is 1. The summed E-state index contributed by atoms with van der Waals surface area (Å²) in [5.74, 6) is 0.0476. The molecule has 0 amide bonds. The molecule has 20 heavy (non-hydrogen) atoms. The highest BCUT2D eigenvalue weighted by Gasteiger charge is 2.04. The van der Waals surface area contributed by atoms with E-state index in [1.165, 1.54) is 57.8 Å². The third-order valence-electron chi connectivity index (χ3n) is 3.67. The molecule has 0 bridgehead atoms. The molecule has 0 saturated heterocycles. The molecule has 118 valence electrons. The molecule has 0 atom stereocenters. The van der Waals surface area contributed by atoms with Crippen molar-refractivity contribution in [3.8, 4) is 0 Å². The van der Waals surface area contributed by atoms with Gasteiger partial charge in [-0.15, -0.1) is 0 Å². The van der Waals surface area contributed by atoms with E-state index in [9.17, 15) is 4.79 Å². The van der Waals surface area contributed by atoms with Crippen LogP contribution in [0.15, 0.2) is 11.8 Å². The van der Waals surface area contributed by atoms with Gasteiger partial charge in [0.15, 0.2) is 5.78 Å². The second-order valence-corrected chi connectivity index (χ2v) is 5.60. The molecule has 4 N–H and O–H groups in total. The maximum Gasteiger partial charge on any atom is 0.178 e. The zero-order valence-electron chi connectivity index (χ0n) is 13.3. The molecule has 0 aliphatic rings. The fraction of sp³-hybridized carbons (Fsp3) is 0.824. The summed E-state index contributed by atoms with van der Waals surface area (Å²) >= 11 is 0. The molecule has 0 rings (SSSR count). The lowest BCUT2D eigenvalue weighted by molar-refractivity contribution is -0.115. The van der Waals surface area contributed by atoms with Crippen molar-refractivity contribution in [1.82, 2.24) is 0 Å². The molecule has 0 unspecified atom stereocenters. The third kappa shape index (κ3) is 12.2. The molecule has 0 aliphatic carbocycles. The van der Waals surface area contributed by atoms with E-state index in [0.29, 0.717) is 18.7 Å². The Balaban J connectivity index is 3.24. The summed E-state index contributed by atoms with van der Waals surface area (Å²) in [5, 5.41) is 0. The predicted octanol–water partition coefficient (Wildman–Crippen LogP) is 4.06. The van der Waals surface area contributed by atoms with Crippen LogP contribution >= 0.6 is 0 Å². The van der Waals surface area contributed by atoms with Gasteiger partial charge in [-0.3, -0.25) is 4.79 Å². The van der Waals surface area contributed by atoms with Crippen molar-refractivity contribution in [3.63, 3.8) is 0 Å². The zero-order chi connectivity index (χ0) is 15.1. The molecule has 0 aromatic carbocycles. The number of hydrogen-bond acceptors (Lipinski definition) is 3. The van der Waals surface area contributed by atoms with Crippen LogP contribution in [-0.2, 0) is 4.79 Å². The van der Waals surface area contributed by atoms with Crippen molar-refractivity contribution in [3.05, 3.63) is 11.8 Å². The minimum Gasteiger partial charge on any atom is -0.396 e. The van der Waals surface area contributed by atoms with E-state index in [0.717, 1.165) is 12.8 Å². The van der Waals surface area contributed by atoms with Gasteiger partial charge >= 0.3 is 0 Å². The maximum absolute atomic E-state index is 11.5. The average molecular weight is 282 g/mol. The Morgan fingerprint density at radius 2 is 1.30 bits per heavy atom. The Kier molecular flexibility index (Phi) is 14.0. The highest BCUT2D eigenvalue weighted by molar-refractivity contribution is 5.94. The van der Waals surface area contributed by atoms with Crippen molar-refractivity contribution in [1.29, 1.82) is 0 Å². The van der Waals surface area contributed by atoms with Crippen molar-refractivity contribution < 1.29 is 4.79 Å². The summed E-state index contributed by atoms with van der Waals surface area (Å²) in [5.41, 5.74) is 11.2. The molecule has 0 radical (unpaired) electrons. The normalized spacial score (nSPS) is 11.8. The van der Waals surface area contributed by atoms with Crippen LogP contribution in [0.4, 0.5) is 0 Å². The van der Waals surface area contributed by atoms with Crippen LogP contribution in [0, 0.1) is 0 Å². The summed E-state index contributed by atoms with van der Waals surface area (Å²) in [6.45, 7) is 2.60. The van der Waals surface area contributed by atoms with Crippen LogP contribution in [0.5, 0.6) is 0 Å². The number of rotatable bonds is 14. The maximum atomic E-state index is 11.5. The molecule has 0 aromatic heterocycles. The smallest absolute Gasteiger partial charge is 0.178 e. The lowest BCUT2D eigenvalue weighted by Gasteiger charge is -2.03. The van der Waals surface area contributed by atoms with Crippen LogP contribution in [0.2, 0.25) is 0 Å². The van der Waals surface area contributed by atoms with Crippen molar-refractivity contribution in [2.45, 2.75) is 84.0 Å². The van der Waals surface area contributed by atoms with Gasteiger partial charge < -0.3 is 11.5 Å². The Hall–Kier alpha value is -0.830. The minimum atomic E-state index is 0.0476. The number of allylic oxidation sites excluding steroid dienone is 1. The summed E-state index contributed by atoms with van der Waals surface area (Å²) < 4.78 is 0. The van der Waals surface area contributed by atoms with Gasteiger partial charge in [0.1, 0.15) is 0 Å². The number of ketones is 1. The first-order valence-electron chi connectivity index (χ1n) is 8.41. The van der Waals surface area contributed by atoms with Crippen LogP contribution < -0.4 is 11.5 Å². The Morgan fingerprint density at radius 1 is 0.850 bits per heavy atom. The first-order chi connectivity index (χ1) is 9.72. The van der Waals surface area contributed by atoms with Gasteiger partial charge in [-0.05, 0) is 12.5 Å². The molecule has 0 aliphatic heterocycles. The lowest BCUT2D eigenvalue weighted by atomic mass is 10.0. The van der Waals surface area contributed by atoms with Crippen LogP contribution in [0.3, 0.4) is 0 Å². The van der Waals surface area contributed by atoms with E-state index in [2.05, 4.69) is 6.92 Å². The molecular formula is C17H34N2O. The van der Waals surface area contributed by atoms with Gasteiger partial charge in [0, 0.05) is 13.0 Å². The second kappa shape index (κ2) is 14.6. The third-order valence-corrected chi connectivity index (χ3v) is 3.67. The van der Waals surface area contributed by atoms with Crippen molar-refractivity contribution in [2.75, 3.05) is 6.54 Å². The second-order valence-electron chi connectivity index (χ2n) is 5.60. The molecule has 0 spiro atoms. The fourth-order valence-corrected chi connectivity index (χ4v) is 2.33. The topological polar surface area (TPSA) is 69.1 Å². The van der Waals surface area contributed by atoms with Crippen LogP contribution in [0.25, 0.3) is 0 Å². The Labute approximate surface area is 125 Å². The van der Waals surface area contributed by atoms with E-state index in [-0.39, 0.29) is 5.78 Å². The van der Waals surface area contributed by atoms with E-state index < -0.39 is 0 Å². The molecule has 3 heteroatoms. The van der Waals surface area contributed by atoms with Crippen molar-refractivity contribution >= 4 is 5.78 Å². The van der Waals surface area contributed by atoms with Gasteiger partial charge in [0.05, 0.1) is 5.70 Å². The van der Waals surface area contributed by atoms with Crippen molar-refractivity contribution in [2.24, 2.45) is 11.5 Å². The largest absolute Gasteiger partial charge is 0.396 e. The van der Waals surface area contributed by atoms with Gasteiger partial charge in [0.2, 0.25) is 0 Å². The number of nitrogens with two attached hydrogens (primary N) is 2. The highest BCUT2D eigenvalue weighted by atomic mass is 16.1. The van der Waals surface area contributed by atoms with Crippen LogP contribution in [-0.4, -0.2) is 12.3 Å². The Bertz CT molecular complexity index is 262. The minimum absolute atomic E-state index is 0.0476. The van der Waals surface area contributed by atoms with Crippen LogP contribution in [0.1, 0.15) is 84.0 Å². The van der Waals surface area contributed by atoms with Gasteiger partial charge in [-0.2, -0.15) is 0 Å². The molecule has 0 fully saturated rings. The number of Topliss-reactive ketones (excluding diaryl/α,β-unsaturated/α-hetero) is 1. The zero-order valence-corrected chi connectivity index (χ0v) is 13.3. The van der Waals surface area contributed by atoms with E-state index in [4.69, 9.17) is 11.5 Å². The van der Waals surface area contributed by atoms with E-state index in [1.54, 1.807) is 6.08 Å². The summed E-state index contributed by atoms with van der Waals surface area (Å²) in [7, 11) is 0. The average Bonchev–Trinajstić information content (AvgIpc) is 2.44. The first kappa shape index (κ1) is 19.2. The lowest BCUT2D eigenvalue weighted by Crippen LogP contribution is -2.13. The van der Waals surface area contributed by atoms with Gasteiger partial charge in [0.25, 0.3) is 0 Å². The molecular weight excluding hydrogens is 248 g/mol. The predicted molar refractivity (Wildman–Crippen MR) is 87.4 cm³/mol.